The molecule has 3 aromatic carbocycles. The first kappa shape index (κ1) is 21.1. The number of carboxylic acids is 1. The third-order valence-electron chi connectivity index (χ3n) is 6.29. The zero-order valence-electron chi connectivity index (χ0n) is 18.5. The van der Waals surface area contributed by atoms with Gasteiger partial charge in [0.2, 0.25) is 0 Å². The van der Waals surface area contributed by atoms with Gasteiger partial charge in [-0.25, -0.2) is 9.78 Å². The van der Waals surface area contributed by atoms with E-state index in [-0.39, 0.29) is 5.56 Å². The van der Waals surface area contributed by atoms with Crippen LogP contribution in [0.1, 0.15) is 47.6 Å². The summed E-state index contributed by atoms with van der Waals surface area (Å²) in [6.07, 6.45) is 4.55. The quantitative estimate of drug-likeness (QED) is 0.374. The Kier molecular flexibility index (Phi) is 5.73. The number of carboxylic acid groups (broad SMARTS) is 1. The Balaban J connectivity index is 1.58. The molecule has 1 aliphatic carbocycles. The molecule has 168 valence electrons. The number of nitrogens with zero attached hydrogens (tertiary/aromatic N) is 2. The molecule has 0 amide bonds. The lowest BCUT2D eigenvalue weighted by atomic mass is 10.1. The van der Waals surface area contributed by atoms with E-state index in [1.165, 1.54) is 12.8 Å². The molecule has 0 bridgehead atoms. The van der Waals surface area contributed by atoms with Crippen molar-refractivity contribution in [2.24, 2.45) is 0 Å². The molecule has 0 aliphatic heterocycles. The predicted molar refractivity (Wildman–Crippen MR) is 127 cm³/mol. The van der Waals surface area contributed by atoms with Crippen LogP contribution >= 0.6 is 0 Å². The van der Waals surface area contributed by atoms with Crippen LogP contribution in [0.2, 0.25) is 0 Å². The molecule has 0 atom stereocenters. The van der Waals surface area contributed by atoms with Crippen molar-refractivity contribution in [2.75, 3.05) is 7.11 Å². The van der Waals surface area contributed by atoms with E-state index in [9.17, 15) is 9.90 Å². The number of carbonyl (C=O) groups is 1. The Morgan fingerprint density at radius 1 is 1.03 bits per heavy atom. The highest BCUT2D eigenvalue weighted by Crippen LogP contribution is 2.39. The van der Waals surface area contributed by atoms with E-state index >= 15 is 0 Å². The van der Waals surface area contributed by atoms with Gasteiger partial charge in [0, 0.05) is 11.6 Å². The summed E-state index contributed by atoms with van der Waals surface area (Å²) in [6.45, 7) is 0.432. The van der Waals surface area contributed by atoms with Crippen LogP contribution in [-0.2, 0) is 6.61 Å². The third kappa shape index (κ3) is 4.16. The fourth-order valence-corrected chi connectivity index (χ4v) is 4.63. The summed E-state index contributed by atoms with van der Waals surface area (Å²) in [5, 5.41) is 9.43. The second kappa shape index (κ2) is 8.98. The summed E-state index contributed by atoms with van der Waals surface area (Å²) in [5.41, 5.74) is 3.89. The first-order valence-corrected chi connectivity index (χ1v) is 11.2. The van der Waals surface area contributed by atoms with Crippen molar-refractivity contribution in [2.45, 2.75) is 38.3 Å². The third-order valence-corrected chi connectivity index (χ3v) is 6.29. The number of fused-ring (bicyclic) bond motifs is 1. The van der Waals surface area contributed by atoms with Crippen molar-refractivity contribution in [1.82, 2.24) is 9.55 Å². The van der Waals surface area contributed by atoms with Gasteiger partial charge in [-0.3, -0.25) is 0 Å². The molecule has 1 N–H and O–H groups in total. The highest BCUT2D eigenvalue weighted by Gasteiger charge is 2.24. The summed E-state index contributed by atoms with van der Waals surface area (Å²) in [7, 11) is 1.63. The van der Waals surface area contributed by atoms with Gasteiger partial charge in [-0.05, 0) is 54.8 Å². The summed E-state index contributed by atoms with van der Waals surface area (Å²) < 4.78 is 13.9. The Bertz CT molecular complexity index is 1290. The number of hydrogen-bond acceptors (Lipinski definition) is 4. The fraction of sp³-hybridized carbons (Fsp3) is 0.259. The molecule has 0 saturated heterocycles. The number of imidazole rings is 1. The lowest BCUT2D eigenvalue weighted by molar-refractivity contribution is 0.0697. The Hall–Kier alpha value is -3.80. The minimum Gasteiger partial charge on any atom is -0.493 e. The number of aromatic carboxylic acids is 1. The van der Waals surface area contributed by atoms with Gasteiger partial charge in [-0.1, -0.05) is 43.2 Å². The molecule has 6 nitrogen and oxygen atoms in total. The molecule has 6 heteroatoms. The van der Waals surface area contributed by atoms with Gasteiger partial charge in [-0.15, -0.1) is 0 Å². The summed E-state index contributed by atoms with van der Waals surface area (Å²) in [4.78, 5) is 16.4. The molecule has 0 spiro atoms. The number of methoxy groups -OCH3 is 1. The van der Waals surface area contributed by atoms with E-state index in [0.717, 1.165) is 35.3 Å². The minimum absolute atomic E-state index is 0.242. The maximum absolute atomic E-state index is 11.5. The average molecular weight is 443 g/mol. The number of benzene rings is 3. The molecule has 1 fully saturated rings. The van der Waals surface area contributed by atoms with E-state index in [1.54, 1.807) is 19.2 Å². The van der Waals surface area contributed by atoms with Crippen molar-refractivity contribution in [3.63, 3.8) is 0 Å². The van der Waals surface area contributed by atoms with Gasteiger partial charge in [0.15, 0.2) is 11.5 Å². The van der Waals surface area contributed by atoms with Crippen LogP contribution < -0.4 is 9.47 Å². The summed E-state index contributed by atoms with van der Waals surface area (Å²) in [5.74, 6) is 1.18. The first-order chi connectivity index (χ1) is 16.1. The average Bonchev–Trinajstić information content (AvgIpc) is 3.50. The highest BCUT2D eigenvalue weighted by molar-refractivity contribution is 5.93. The fourth-order valence-electron chi connectivity index (χ4n) is 4.63. The second-order valence-electron chi connectivity index (χ2n) is 8.39. The SMILES string of the molecule is COc1ccc(-c2nc3cc(C(=O)O)ccc3n2C2CCCC2)cc1OCc1ccccc1. The van der Waals surface area contributed by atoms with Crippen LogP contribution in [0.5, 0.6) is 11.5 Å². The van der Waals surface area contributed by atoms with Crippen LogP contribution in [0, 0.1) is 0 Å². The maximum atomic E-state index is 11.5. The molecular weight excluding hydrogens is 416 g/mol. The molecule has 1 aliphatic rings. The lowest BCUT2D eigenvalue weighted by Crippen LogP contribution is -2.07. The van der Waals surface area contributed by atoms with Crippen molar-refractivity contribution in [3.8, 4) is 22.9 Å². The molecule has 4 aromatic rings. The largest absolute Gasteiger partial charge is 0.493 e. The van der Waals surface area contributed by atoms with Gasteiger partial charge in [0.25, 0.3) is 0 Å². The molecular formula is C27H26N2O4. The Labute approximate surface area is 192 Å². The summed E-state index contributed by atoms with van der Waals surface area (Å²) in [6, 6.07) is 21.4. The van der Waals surface area contributed by atoms with E-state index in [4.69, 9.17) is 14.5 Å². The number of ether oxygens (including phenoxy) is 2. The molecule has 0 unspecified atom stereocenters. The molecule has 33 heavy (non-hydrogen) atoms. The zero-order chi connectivity index (χ0) is 22.8. The number of rotatable bonds is 7. The van der Waals surface area contributed by atoms with Gasteiger partial charge >= 0.3 is 5.97 Å². The number of hydrogen-bond donors (Lipinski definition) is 1. The van der Waals surface area contributed by atoms with Gasteiger partial charge in [0.1, 0.15) is 12.4 Å². The molecule has 1 saturated carbocycles. The van der Waals surface area contributed by atoms with E-state index < -0.39 is 5.97 Å². The van der Waals surface area contributed by atoms with Gasteiger partial charge in [-0.2, -0.15) is 0 Å². The predicted octanol–water partition coefficient (Wildman–Crippen LogP) is 6.10. The van der Waals surface area contributed by atoms with Crippen LogP contribution in [0.15, 0.2) is 66.7 Å². The van der Waals surface area contributed by atoms with Crippen LogP contribution in [0.3, 0.4) is 0 Å². The first-order valence-electron chi connectivity index (χ1n) is 11.2. The van der Waals surface area contributed by atoms with Crippen molar-refractivity contribution < 1.29 is 19.4 Å². The Morgan fingerprint density at radius 3 is 2.55 bits per heavy atom. The van der Waals surface area contributed by atoms with Crippen LogP contribution in [-0.4, -0.2) is 27.7 Å². The van der Waals surface area contributed by atoms with Crippen LogP contribution in [0.4, 0.5) is 0 Å². The van der Waals surface area contributed by atoms with Gasteiger partial charge < -0.3 is 19.1 Å². The number of aromatic nitrogens is 2. The van der Waals surface area contributed by atoms with Crippen molar-refractivity contribution in [3.05, 3.63) is 77.9 Å². The molecule has 1 heterocycles. The lowest BCUT2D eigenvalue weighted by Gasteiger charge is -2.18. The highest BCUT2D eigenvalue weighted by atomic mass is 16.5. The van der Waals surface area contributed by atoms with Crippen molar-refractivity contribution in [1.29, 1.82) is 0 Å². The van der Waals surface area contributed by atoms with E-state index in [1.807, 2.05) is 54.6 Å². The normalized spacial score (nSPS) is 14.0. The second-order valence-corrected chi connectivity index (χ2v) is 8.39. The standard InChI is InChI=1S/C27H26N2O4/c1-32-24-14-12-19(16-25(24)33-17-18-7-3-2-4-8-18)26-28-22-15-20(27(30)31)11-13-23(22)29(26)21-9-5-6-10-21/h2-4,7-8,11-16,21H,5-6,9-10,17H2,1H3,(H,30,31). The van der Waals surface area contributed by atoms with Crippen LogP contribution in [0.25, 0.3) is 22.4 Å². The topological polar surface area (TPSA) is 73.6 Å². The minimum atomic E-state index is -0.949. The molecule has 5 rings (SSSR count). The molecule has 1 aromatic heterocycles. The monoisotopic (exact) mass is 442 g/mol. The van der Waals surface area contributed by atoms with E-state index in [0.29, 0.717) is 29.7 Å². The zero-order valence-corrected chi connectivity index (χ0v) is 18.5. The molecule has 0 radical (unpaired) electrons. The maximum Gasteiger partial charge on any atom is 0.335 e. The summed E-state index contributed by atoms with van der Waals surface area (Å²) >= 11 is 0. The Morgan fingerprint density at radius 2 is 1.82 bits per heavy atom. The van der Waals surface area contributed by atoms with E-state index in [2.05, 4.69) is 4.57 Å². The smallest absolute Gasteiger partial charge is 0.335 e. The van der Waals surface area contributed by atoms with Gasteiger partial charge in [0.05, 0.1) is 23.7 Å². The van der Waals surface area contributed by atoms with Crippen molar-refractivity contribution >= 4 is 17.0 Å².